The Balaban J connectivity index is 4.56. The van der Waals surface area contributed by atoms with Gasteiger partial charge in [-0.3, -0.25) is 0 Å². The zero-order chi connectivity index (χ0) is 17.0. The summed E-state index contributed by atoms with van der Waals surface area (Å²) in [6.07, 6.45) is 10.3. The van der Waals surface area contributed by atoms with Gasteiger partial charge in [-0.2, -0.15) is 0 Å². The summed E-state index contributed by atoms with van der Waals surface area (Å²) in [5.41, 5.74) is 5.18. The third-order valence-corrected chi connectivity index (χ3v) is 3.02. The van der Waals surface area contributed by atoms with E-state index in [1.165, 1.54) is 22.3 Å². The van der Waals surface area contributed by atoms with Crippen LogP contribution in [0.1, 0.15) is 61.3 Å². The van der Waals surface area contributed by atoms with Gasteiger partial charge in [0.05, 0.1) is 13.2 Å². The van der Waals surface area contributed by atoms with E-state index < -0.39 is 0 Å². The lowest BCUT2D eigenvalue weighted by molar-refractivity contribution is -0.0942. The van der Waals surface area contributed by atoms with E-state index in [1.54, 1.807) is 0 Å². The van der Waals surface area contributed by atoms with Crippen LogP contribution in [-0.4, -0.2) is 19.5 Å². The zero-order valence-electron chi connectivity index (χ0n) is 15.5. The average Bonchev–Trinajstić information content (AvgIpc) is 2.36. The monoisotopic (exact) mass is 306 g/mol. The van der Waals surface area contributed by atoms with Gasteiger partial charge in [0.2, 0.25) is 0 Å². The Morgan fingerprint density at radius 2 is 1.18 bits per heavy atom. The van der Waals surface area contributed by atoms with E-state index >= 15 is 0 Å². The van der Waals surface area contributed by atoms with E-state index in [0.717, 1.165) is 12.8 Å². The fourth-order valence-corrected chi connectivity index (χ4v) is 1.67. The molecule has 0 radical (unpaired) electrons. The summed E-state index contributed by atoms with van der Waals surface area (Å²) < 4.78 is 11.6. The lowest BCUT2D eigenvalue weighted by atomic mass is 10.1. The Labute approximate surface area is 137 Å². The molecule has 2 heteroatoms. The molecule has 0 aliphatic rings. The van der Waals surface area contributed by atoms with E-state index in [-0.39, 0.29) is 6.29 Å². The maximum Gasteiger partial charge on any atom is 0.177 e. The number of hydrogen-bond acceptors (Lipinski definition) is 2. The summed E-state index contributed by atoms with van der Waals surface area (Å²) >= 11 is 0. The maximum atomic E-state index is 5.81. The summed E-state index contributed by atoms with van der Waals surface area (Å²) in [5, 5.41) is 0. The SMILES string of the molecule is CC(C)=CCCC(C)=CC(OCC=C(C)C)OCC=C(C)C. The first-order chi connectivity index (χ1) is 10.3. The molecule has 0 heterocycles. The van der Waals surface area contributed by atoms with Gasteiger partial charge in [0.25, 0.3) is 0 Å². The summed E-state index contributed by atoms with van der Waals surface area (Å²) in [5.74, 6) is 0. The predicted molar refractivity (Wildman–Crippen MR) is 97.0 cm³/mol. The maximum absolute atomic E-state index is 5.81. The first kappa shape index (κ1) is 20.9. The Bertz CT molecular complexity index is 391. The van der Waals surface area contributed by atoms with Gasteiger partial charge < -0.3 is 9.47 Å². The van der Waals surface area contributed by atoms with Gasteiger partial charge in [-0.1, -0.05) is 40.5 Å². The van der Waals surface area contributed by atoms with Crippen LogP contribution in [0.3, 0.4) is 0 Å². The minimum atomic E-state index is -0.280. The average molecular weight is 306 g/mol. The molecule has 22 heavy (non-hydrogen) atoms. The molecule has 0 spiro atoms. The van der Waals surface area contributed by atoms with Crippen LogP contribution in [-0.2, 0) is 9.47 Å². The highest BCUT2D eigenvalue weighted by atomic mass is 16.7. The van der Waals surface area contributed by atoms with Crippen molar-refractivity contribution in [2.45, 2.75) is 67.6 Å². The molecule has 0 saturated heterocycles. The third-order valence-electron chi connectivity index (χ3n) is 3.02. The van der Waals surface area contributed by atoms with Crippen molar-refractivity contribution >= 4 is 0 Å². The first-order valence-electron chi connectivity index (χ1n) is 8.12. The highest BCUT2D eigenvalue weighted by molar-refractivity contribution is 5.04. The summed E-state index contributed by atoms with van der Waals surface area (Å²) in [6, 6.07) is 0. The van der Waals surface area contributed by atoms with Crippen LogP contribution in [0, 0.1) is 0 Å². The largest absolute Gasteiger partial charge is 0.345 e. The second-order valence-corrected chi connectivity index (χ2v) is 6.43. The van der Waals surface area contributed by atoms with Crippen LogP contribution in [0.4, 0.5) is 0 Å². The smallest absolute Gasteiger partial charge is 0.177 e. The lowest BCUT2D eigenvalue weighted by Gasteiger charge is -2.15. The van der Waals surface area contributed by atoms with Crippen LogP contribution >= 0.6 is 0 Å². The molecule has 0 saturated carbocycles. The number of ether oxygens (including phenoxy) is 2. The molecular formula is C20H34O2. The van der Waals surface area contributed by atoms with E-state index in [0.29, 0.717) is 13.2 Å². The molecule has 0 aliphatic carbocycles. The van der Waals surface area contributed by atoms with E-state index in [2.05, 4.69) is 72.8 Å². The zero-order valence-corrected chi connectivity index (χ0v) is 15.5. The fraction of sp³-hybridized carbons (Fsp3) is 0.600. The van der Waals surface area contributed by atoms with Crippen LogP contribution < -0.4 is 0 Å². The highest BCUT2D eigenvalue weighted by Gasteiger charge is 2.05. The molecule has 2 nitrogen and oxygen atoms in total. The van der Waals surface area contributed by atoms with Gasteiger partial charge in [0.1, 0.15) is 0 Å². The van der Waals surface area contributed by atoms with Crippen LogP contribution in [0.5, 0.6) is 0 Å². The van der Waals surface area contributed by atoms with Crippen molar-refractivity contribution < 1.29 is 9.47 Å². The quantitative estimate of drug-likeness (QED) is 0.365. The van der Waals surface area contributed by atoms with Gasteiger partial charge >= 0.3 is 0 Å². The van der Waals surface area contributed by atoms with Gasteiger partial charge in [0.15, 0.2) is 6.29 Å². The van der Waals surface area contributed by atoms with Crippen molar-refractivity contribution in [3.8, 4) is 0 Å². The van der Waals surface area contributed by atoms with Crippen molar-refractivity contribution in [3.05, 3.63) is 46.6 Å². The molecule has 126 valence electrons. The molecule has 0 aromatic rings. The van der Waals surface area contributed by atoms with Crippen molar-refractivity contribution in [2.24, 2.45) is 0 Å². The number of hydrogen-bond donors (Lipinski definition) is 0. The Kier molecular flexibility index (Phi) is 11.8. The predicted octanol–water partition coefficient (Wildman–Crippen LogP) is 5.97. The Morgan fingerprint density at radius 3 is 1.59 bits per heavy atom. The van der Waals surface area contributed by atoms with Crippen molar-refractivity contribution in [1.29, 1.82) is 0 Å². The van der Waals surface area contributed by atoms with Crippen molar-refractivity contribution in [3.63, 3.8) is 0 Å². The lowest BCUT2D eigenvalue weighted by Crippen LogP contribution is -2.16. The third kappa shape index (κ3) is 13.8. The van der Waals surface area contributed by atoms with Gasteiger partial charge in [-0.05, 0) is 67.4 Å². The van der Waals surface area contributed by atoms with E-state index in [9.17, 15) is 0 Å². The van der Waals surface area contributed by atoms with E-state index in [1.807, 2.05) is 0 Å². The molecule has 0 amide bonds. The second-order valence-electron chi connectivity index (χ2n) is 6.43. The molecule has 0 aliphatic heterocycles. The molecule has 0 bridgehead atoms. The normalized spacial score (nSPS) is 11.4. The summed E-state index contributed by atoms with van der Waals surface area (Å²) in [4.78, 5) is 0. The minimum absolute atomic E-state index is 0.280. The molecule has 0 aromatic carbocycles. The van der Waals surface area contributed by atoms with Crippen molar-refractivity contribution in [1.82, 2.24) is 0 Å². The van der Waals surface area contributed by atoms with Crippen LogP contribution in [0.15, 0.2) is 46.6 Å². The summed E-state index contributed by atoms with van der Waals surface area (Å²) in [6.45, 7) is 15.9. The fourth-order valence-electron chi connectivity index (χ4n) is 1.67. The minimum Gasteiger partial charge on any atom is -0.345 e. The molecular weight excluding hydrogens is 272 g/mol. The Hall–Kier alpha value is -1.12. The molecule has 0 rings (SSSR count). The van der Waals surface area contributed by atoms with Gasteiger partial charge in [-0.15, -0.1) is 0 Å². The van der Waals surface area contributed by atoms with Crippen molar-refractivity contribution in [2.75, 3.05) is 13.2 Å². The Morgan fingerprint density at radius 1 is 0.727 bits per heavy atom. The van der Waals surface area contributed by atoms with Gasteiger partial charge in [0, 0.05) is 0 Å². The number of rotatable bonds is 10. The molecule has 0 atom stereocenters. The molecule has 0 aromatic heterocycles. The van der Waals surface area contributed by atoms with Gasteiger partial charge in [-0.25, -0.2) is 0 Å². The molecule has 0 fully saturated rings. The standard InChI is InChI=1S/C20H34O2/c1-16(2)9-8-10-19(7)15-20(21-13-11-17(3)4)22-14-12-18(5)6/h9,11-12,15,20H,8,10,13-14H2,1-7H3. The highest BCUT2D eigenvalue weighted by Crippen LogP contribution is 2.10. The second kappa shape index (κ2) is 12.4. The molecule has 0 unspecified atom stereocenters. The molecule has 0 N–H and O–H groups in total. The van der Waals surface area contributed by atoms with Crippen LogP contribution in [0.2, 0.25) is 0 Å². The van der Waals surface area contributed by atoms with Crippen LogP contribution in [0.25, 0.3) is 0 Å². The summed E-state index contributed by atoms with van der Waals surface area (Å²) in [7, 11) is 0. The number of allylic oxidation sites excluding steroid dienone is 5. The topological polar surface area (TPSA) is 18.5 Å². The first-order valence-corrected chi connectivity index (χ1v) is 8.12. The van der Waals surface area contributed by atoms with E-state index in [4.69, 9.17) is 9.47 Å².